The number of anilines is 3. The molecule has 0 atom stereocenters. The second-order valence-electron chi connectivity index (χ2n) is 15.4. The van der Waals surface area contributed by atoms with Gasteiger partial charge in [0.05, 0.1) is 34.5 Å². The molecule has 0 bridgehead atoms. The maximum absolute atomic E-state index is 6.68. The summed E-state index contributed by atoms with van der Waals surface area (Å²) < 4.78 is 15.3. The van der Waals surface area contributed by atoms with Crippen LogP contribution in [0.5, 0.6) is 11.5 Å². The molecule has 6 nitrogen and oxygen atoms in total. The zero-order chi connectivity index (χ0) is 34.4. The summed E-state index contributed by atoms with van der Waals surface area (Å²) in [5.41, 5.74) is 8.55. The summed E-state index contributed by atoms with van der Waals surface area (Å²) in [6.45, 7) is 14.3. The van der Waals surface area contributed by atoms with Gasteiger partial charge >= 0.3 is 0 Å². The van der Waals surface area contributed by atoms with Crippen molar-refractivity contribution < 1.29 is 9.15 Å². The SMILES string of the molecule is CC(C)(C)c1ccnc(-n2c3cc(Oc4cccc(N5CN(C(C)(C)C)c6ccccc65)c4)ccc3c3ccc4oc5ccccc5c4c32)c1. The molecular weight excluding hydrogens is 617 g/mol. The van der Waals surface area contributed by atoms with E-state index in [0.717, 1.165) is 73.4 Å². The van der Waals surface area contributed by atoms with Gasteiger partial charge in [-0.2, -0.15) is 0 Å². The highest BCUT2D eigenvalue weighted by Gasteiger charge is 2.33. The quantitative estimate of drug-likeness (QED) is 0.189. The summed E-state index contributed by atoms with van der Waals surface area (Å²) in [5, 5.41) is 4.45. The van der Waals surface area contributed by atoms with Crippen LogP contribution in [-0.4, -0.2) is 21.8 Å². The standard InChI is InChI=1S/C44H40N4O2/c1-43(2,3)28-22-23-45-40(24-28)48-37-26-31(18-19-32(37)33-20-21-39-41(42(33)48)34-14-7-10-17-38(34)50-39)49-30-13-11-12-29(25-30)46-27-47(44(4,5)6)36-16-9-8-15-35(36)46/h7-26H,27H2,1-6H3. The molecule has 0 amide bonds. The number of fused-ring (bicyclic) bond motifs is 8. The van der Waals surface area contributed by atoms with Crippen molar-refractivity contribution in [1.29, 1.82) is 0 Å². The number of rotatable bonds is 4. The molecule has 0 saturated carbocycles. The molecule has 6 heteroatoms. The molecule has 1 aliphatic rings. The number of hydrogen-bond donors (Lipinski definition) is 0. The minimum atomic E-state index is -0.0346. The van der Waals surface area contributed by atoms with Crippen molar-refractivity contribution in [2.75, 3.05) is 16.5 Å². The lowest BCUT2D eigenvalue weighted by molar-refractivity contribution is 0.483. The third-order valence-corrected chi connectivity index (χ3v) is 10.0. The van der Waals surface area contributed by atoms with Crippen molar-refractivity contribution in [1.82, 2.24) is 9.55 Å². The van der Waals surface area contributed by atoms with E-state index in [1.54, 1.807) is 0 Å². The fraction of sp³-hybridized carbons (Fsp3) is 0.205. The predicted molar refractivity (Wildman–Crippen MR) is 207 cm³/mol. The third-order valence-electron chi connectivity index (χ3n) is 10.0. The van der Waals surface area contributed by atoms with Crippen molar-refractivity contribution in [3.63, 3.8) is 0 Å². The number of hydrogen-bond acceptors (Lipinski definition) is 5. The topological polar surface area (TPSA) is 46.7 Å². The summed E-state index contributed by atoms with van der Waals surface area (Å²) in [5.74, 6) is 2.41. The van der Waals surface area contributed by atoms with Crippen LogP contribution in [0.4, 0.5) is 17.1 Å². The Balaban J connectivity index is 1.19. The second-order valence-corrected chi connectivity index (χ2v) is 15.4. The summed E-state index contributed by atoms with van der Waals surface area (Å²) in [6.07, 6.45) is 1.92. The largest absolute Gasteiger partial charge is 0.457 e. The Morgan fingerprint density at radius 3 is 2.24 bits per heavy atom. The van der Waals surface area contributed by atoms with E-state index in [4.69, 9.17) is 14.1 Å². The first-order valence-electron chi connectivity index (χ1n) is 17.3. The number of aromatic nitrogens is 2. The molecule has 0 fully saturated rings. The van der Waals surface area contributed by atoms with Crippen molar-refractivity contribution in [2.24, 2.45) is 0 Å². The van der Waals surface area contributed by atoms with E-state index in [-0.39, 0.29) is 11.0 Å². The summed E-state index contributed by atoms with van der Waals surface area (Å²) >= 11 is 0. The third kappa shape index (κ3) is 4.81. The van der Waals surface area contributed by atoms with Gasteiger partial charge in [-0.05, 0) is 98.5 Å². The van der Waals surface area contributed by atoms with E-state index >= 15 is 0 Å². The average Bonchev–Trinajstić information content (AvgIpc) is 3.77. The highest BCUT2D eigenvalue weighted by Crippen LogP contribution is 2.45. The van der Waals surface area contributed by atoms with Crippen LogP contribution < -0.4 is 14.5 Å². The van der Waals surface area contributed by atoms with E-state index in [1.165, 1.54) is 16.9 Å². The minimum Gasteiger partial charge on any atom is -0.457 e. The molecule has 5 aromatic carbocycles. The number of ether oxygens (including phenoxy) is 1. The maximum atomic E-state index is 6.68. The smallest absolute Gasteiger partial charge is 0.137 e. The molecule has 3 aromatic heterocycles. The lowest BCUT2D eigenvalue weighted by Crippen LogP contribution is -2.42. The number of benzene rings is 5. The Morgan fingerprint density at radius 1 is 0.660 bits per heavy atom. The Hall–Kier alpha value is -5.75. The Morgan fingerprint density at radius 2 is 1.42 bits per heavy atom. The van der Waals surface area contributed by atoms with E-state index < -0.39 is 0 Å². The van der Waals surface area contributed by atoms with E-state index in [1.807, 2.05) is 24.4 Å². The Bertz CT molecular complexity index is 2600. The zero-order valence-corrected chi connectivity index (χ0v) is 29.4. The molecule has 0 aliphatic carbocycles. The van der Waals surface area contributed by atoms with Gasteiger partial charge < -0.3 is 19.0 Å². The number of para-hydroxylation sites is 3. The van der Waals surface area contributed by atoms with Gasteiger partial charge in [0.15, 0.2) is 0 Å². The van der Waals surface area contributed by atoms with E-state index in [0.29, 0.717) is 0 Å². The van der Waals surface area contributed by atoms with Gasteiger partial charge in [0.1, 0.15) is 28.5 Å². The molecule has 8 aromatic rings. The fourth-order valence-electron chi connectivity index (χ4n) is 7.46. The molecule has 4 heterocycles. The Kier molecular flexibility index (Phi) is 6.60. The normalized spacial score (nSPS) is 13.6. The van der Waals surface area contributed by atoms with Crippen molar-refractivity contribution >= 4 is 60.8 Å². The van der Waals surface area contributed by atoms with E-state index in [2.05, 4.69) is 153 Å². The lowest BCUT2D eigenvalue weighted by Gasteiger charge is -2.34. The van der Waals surface area contributed by atoms with Crippen LogP contribution in [-0.2, 0) is 5.41 Å². The van der Waals surface area contributed by atoms with Gasteiger partial charge in [0, 0.05) is 45.7 Å². The van der Waals surface area contributed by atoms with Gasteiger partial charge in [-0.15, -0.1) is 0 Å². The van der Waals surface area contributed by atoms with Gasteiger partial charge in [0.2, 0.25) is 0 Å². The van der Waals surface area contributed by atoms with Crippen LogP contribution in [0.2, 0.25) is 0 Å². The van der Waals surface area contributed by atoms with Crippen LogP contribution >= 0.6 is 0 Å². The van der Waals surface area contributed by atoms with Gasteiger partial charge in [-0.3, -0.25) is 4.57 Å². The van der Waals surface area contributed by atoms with Crippen LogP contribution in [0, 0.1) is 0 Å². The monoisotopic (exact) mass is 656 g/mol. The summed E-state index contributed by atoms with van der Waals surface area (Å²) in [7, 11) is 0. The van der Waals surface area contributed by atoms with Gasteiger partial charge in [-0.25, -0.2) is 4.98 Å². The molecule has 0 N–H and O–H groups in total. The van der Waals surface area contributed by atoms with Crippen molar-refractivity contribution in [2.45, 2.75) is 52.5 Å². The lowest BCUT2D eigenvalue weighted by atomic mass is 9.88. The van der Waals surface area contributed by atoms with Crippen LogP contribution in [0.25, 0.3) is 49.6 Å². The molecule has 1 aliphatic heterocycles. The summed E-state index contributed by atoms with van der Waals surface area (Å²) in [4.78, 5) is 9.77. The van der Waals surface area contributed by atoms with Gasteiger partial charge in [-0.1, -0.05) is 57.2 Å². The molecule has 248 valence electrons. The van der Waals surface area contributed by atoms with Crippen LogP contribution in [0.3, 0.4) is 0 Å². The van der Waals surface area contributed by atoms with Crippen molar-refractivity contribution in [3.8, 4) is 17.3 Å². The molecule has 0 unspecified atom stereocenters. The fourth-order valence-corrected chi connectivity index (χ4v) is 7.46. The second kappa shape index (κ2) is 10.9. The highest BCUT2D eigenvalue weighted by molar-refractivity contribution is 6.24. The highest BCUT2D eigenvalue weighted by atomic mass is 16.5. The number of furan rings is 1. The maximum Gasteiger partial charge on any atom is 0.137 e. The van der Waals surface area contributed by atoms with E-state index in [9.17, 15) is 0 Å². The predicted octanol–water partition coefficient (Wildman–Crippen LogP) is 11.9. The molecular formula is C44H40N4O2. The molecule has 0 spiro atoms. The average molecular weight is 657 g/mol. The summed E-state index contributed by atoms with van der Waals surface area (Å²) in [6, 6.07) is 40.3. The molecule has 0 saturated heterocycles. The first kappa shape index (κ1) is 30.3. The first-order chi connectivity index (χ1) is 24.0. The Labute approximate surface area is 292 Å². The van der Waals surface area contributed by atoms with Crippen LogP contribution in [0.1, 0.15) is 47.1 Å². The minimum absolute atomic E-state index is 0.0115. The number of pyridine rings is 1. The van der Waals surface area contributed by atoms with Gasteiger partial charge in [0.25, 0.3) is 0 Å². The zero-order valence-electron chi connectivity index (χ0n) is 29.4. The molecule has 50 heavy (non-hydrogen) atoms. The first-order valence-corrected chi connectivity index (χ1v) is 17.3. The van der Waals surface area contributed by atoms with Crippen molar-refractivity contribution in [3.05, 3.63) is 127 Å². The van der Waals surface area contributed by atoms with Crippen LogP contribution in [0.15, 0.2) is 126 Å². The number of nitrogens with zero attached hydrogens (tertiary/aromatic N) is 4. The molecule has 0 radical (unpaired) electrons. The molecule has 9 rings (SSSR count).